The van der Waals surface area contributed by atoms with Gasteiger partial charge in [0.1, 0.15) is 0 Å². The van der Waals surface area contributed by atoms with Gasteiger partial charge in [-0.05, 0) is 35.6 Å². The zero-order valence-corrected chi connectivity index (χ0v) is 19.7. The quantitative estimate of drug-likeness (QED) is 0.426. The molecular formula is C26H32N2O5. The molecular weight excluding hydrogens is 420 g/mol. The average molecular weight is 453 g/mol. The average Bonchev–Trinajstić information content (AvgIpc) is 3.07. The second-order valence-electron chi connectivity index (χ2n) is 7.95. The van der Waals surface area contributed by atoms with Crippen LogP contribution < -0.4 is 5.69 Å². The van der Waals surface area contributed by atoms with Gasteiger partial charge in [0.2, 0.25) is 0 Å². The number of hydrogen-bond acceptors (Lipinski definition) is 4. The van der Waals surface area contributed by atoms with Crippen LogP contribution in [-0.4, -0.2) is 34.4 Å². The van der Waals surface area contributed by atoms with Gasteiger partial charge < -0.3 is 14.6 Å². The second kappa shape index (κ2) is 11.1. The van der Waals surface area contributed by atoms with Gasteiger partial charge in [-0.1, -0.05) is 62.7 Å². The predicted molar refractivity (Wildman–Crippen MR) is 128 cm³/mol. The van der Waals surface area contributed by atoms with Gasteiger partial charge in [-0.15, -0.1) is 0 Å². The summed E-state index contributed by atoms with van der Waals surface area (Å²) in [5, 5.41) is 9.48. The zero-order valence-electron chi connectivity index (χ0n) is 19.7. The van der Waals surface area contributed by atoms with Crippen molar-refractivity contribution < 1.29 is 19.4 Å². The number of carbonyl (C=O) groups is 1. The summed E-state index contributed by atoms with van der Waals surface area (Å²) >= 11 is 0. The van der Waals surface area contributed by atoms with Gasteiger partial charge in [0.05, 0.1) is 17.8 Å². The number of benzene rings is 2. The molecule has 0 aliphatic rings. The Labute approximate surface area is 194 Å². The molecule has 176 valence electrons. The highest BCUT2D eigenvalue weighted by atomic mass is 16.7. The molecule has 1 aromatic heterocycles. The molecule has 0 radical (unpaired) electrons. The standard InChI is InChI=1S/C26H32N2O5/c1-5-9-22-23(25(32-3)33-4)27(16-6-2)26(31)28(22)17-18-12-14-19(15-13-18)20-10-7-8-11-21(20)24(29)30/h7-8,10-15,25H,5-6,9,16-17H2,1-4H3,(H,29,30). The number of rotatable bonds is 11. The molecule has 3 rings (SSSR count). The summed E-state index contributed by atoms with van der Waals surface area (Å²) < 4.78 is 14.6. The van der Waals surface area contributed by atoms with Crippen LogP contribution in [0, 0.1) is 0 Å². The van der Waals surface area contributed by atoms with Crippen molar-refractivity contribution in [2.24, 2.45) is 0 Å². The fourth-order valence-electron chi connectivity index (χ4n) is 4.24. The predicted octanol–water partition coefficient (Wildman–Crippen LogP) is 4.72. The van der Waals surface area contributed by atoms with Gasteiger partial charge in [0, 0.05) is 26.5 Å². The van der Waals surface area contributed by atoms with Crippen molar-refractivity contribution in [3.63, 3.8) is 0 Å². The third-order valence-electron chi connectivity index (χ3n) is 5.72. The van der Waals surface area contributed by atoms with Crippen LogP contribution >= 0.6 is 0 Å². The van der Waals surface area contributed by atoms with Crippen molar-refractivity contribution >= 4 is 5.97 Å². The van der Waals surface area contributed by atoms with Crippen LogP contribution in [-0.2, 0) is 29.0 Å². The van der Waals surface area contributed by atoms with Gasteiger partial charge in [0.15, 0.2) is 6.29 Å². The normalized spacial score (nSPS) is 11.3. The number of hydrogen-bond donors (Lipinski definition) is 1. The molecule has 0 unspecified atom stereocenters. The first-order valence-corrected chi connectivity index (χ1v) is 11.3. The van der Waals surface area contributed by atoms with E-state index < -0.39 is 12.3 Å². The van der Waals surface area contributed by atoms with Crippen molar-refractivity contribution in [1.29, 1.82) is 0 Å². The number of methoxy groups -OCH3 is 2. The first kappa shape index (κ1) is 24.5. The third-order valence-corrected chi connectivity index (χ3v) is 5.72. The van der Waals surface area contributed by atoms with Crippen LogP contribution in [0.25, 0.3) is 11.1 Å². The molecule has 0 fully saturated rings. The molecule has 1 N–H and O–H groups in total. The molecule has 7 heteroatoms. The molecule has 0 amide bonds. The minimum Gasteiger partial charge on any atom is -0.478 e. The molecule has 3 aromatic rings. The van der Waals surface area contributed by atoms with E-state index in [0.29, 0.717) is 18.7 Å². The largest absolute Gasteiger partial charge is 0.478 e. The molecule has 0 aliphatic heterocycles. The van der Waals surface area contributed by atoms with Crippen molar-refractivity contribution in [3.8, 4) is 11.1 Å². The summed E-state index contributed by atoms with van der Waals surface area (Å²) in [5.74, 6) is -0.957. The lowest BCUT2D eigenvalue weighted by molar-refractivity contribution is -0.111. The van der Waals surface area contributed by atoms with E-state index in [2.05, 4.69) is 6.92 Å². The fourth-order valence-corrected chi connectivity index (χ4v) is 4.24. The monoisotopic (exact) mass is 452 g/mol. The molecule has 0 saturated heterocycles. The Balaban J connectivity index is 2.02. The smallest absolute Gasteiger partial charge is 0.336 e. The van der Waals surface area contributed by atoms with Crippen LogP contribution in [0.5, 0.6) is 0 Å². The van der Waals surface area contributed by atoms with Crippen LogP contribution in [0.2, 0.25) is 0 Å². The van der Waals surface area contributed by atoms with E-state index in [1.807, 2.05) is 37.3 Å². The number of imidazole rings is 1. The Bertz CT molecular complexity index is 1140. The molecule has 0 atom stereocenters. The highest BCUT2D eigenvalue weighted by molar-refractivity contribution is 5.95. The van der Waals surface area contributed by atoms with E-state index in [9.17, 15) is 14.7 Å². The topological polar surface area (TPSA) is 82.7 Å². The number of nitrogens with zero attached hydrogens (tertiary/aromatic N) is 2. The van der Waals surface area contributed by atoms with Gasteiger partial charge in [-0.2, -0.15) is 0 Å². The minimum atomic E-state index is -0.957. The summed E-state index contributed by atoms with van der Waals surface area (Å²) in [4.78, 5) is 24.9. The fraction of sp³-hybridized carbons (Fsp3) is 0.385. The Morgan fingerprint density at radius 1 is 0.970 bits per heavy atom. The summed E-state index contributed by atoms with van der Waals surface area (Å²) in [5.41, 5.74) is 4.33. The summed E-state index contributed by atoms with van der Waals surface area (Å²) in [6.07, 6.45) is 1.82. The van der Waals surface area contributed by atoms with E-state index >= 15 is 0 Å². The van der Waals surface area contributed by atoms with Crippen LogP contribution in [0.3, 0.4) is 0 Å². The maximum atomic E-state index is 13.4. The molecule has 0 spiro atoms. The van der Waals surface area contributed by atoms with Gasteiger partial charge in [-0.3, -0.25) is 9.13 Å². The number of aromatic carboxylic acids is 1. The minimum absolute atomic E-state index is 0.0744. The van der Waals surface area contributed by atoms with E-state index in [-0.39, 0.29) is 11.3 Å². The summed E-state index contributed by atoms with van der Waals surface area (Å²) in [7, 11) is 3.16. The number of carboxylic acid groups (broad SMARTS) is 1. The van der Waals surface area contributed by atoms with Crippen molar-refractivity contribution in [3.05, 3.63) is 81.5 Å². The van der Waals surface area contributed by atoms with E-state index in [1.54, 1.807) is 41.6 Å². The molecule has 1 heterocycles. The molecule has 0 aliphatic carbocycles. The zero-order chi connectivity index (χ0) is 24.0. The number of carboxylic acids is 1. The van der Waals surface area contributed by atoms with Crippen molar-refractivity contribution in [2.45, 2.75) is 52.5 Å². The highest BCUT2D eigenvalue weighted by Crippen LogP contribution is 2.26. The van der Waals surface area contributed by atoms with E-state index in [4.69, 9.17) is 9.47 Å². The lowest BCUT2D eigenvalue weighted by atomic mass is 9.99. The maximum absolute atomic E-state index is 13.4. The highest BCUT2D eigenvalue weighted by Gasteiger charge is 2.25. The molecule has 0 saturated carbocycles. The molecule has 2 aromatic carbocycles. The first-order valence-electron chi connectivity index (χ1n) is 11.3. The number of aromatic nitrogens is 2. The Hall–Kier alpha value is -3.16. The van der Waals surface area contributed by atoms with Crippen LogP contribution in [0.4, 0.5) is 0 Å². The SMILES string of the molecule is CCCc1c(C(OC)OC)n(CCC)c(=O)n1Cc1ccc(-c2ccccc2C(=O)O)cc1. The third kappa shape index (κ3) is 5.10. The number of ether oxygens (including phenoxy) is 2. The van der Waals surface area contributed by atoms with Crippen LogP contribution in [0.15, 0.2) is 53.3 Å². The van der Waals surface area contributed by atoms with Gasteiger partial charge in [0.25, 0.3) is 0 Å². The van der Waals surface area contributed by atoms with Crippen molar-refractivity contribution in [2.75, 3.05) is 14.2 Å². The lowest BCUT2D eigenvalue weighted by Gasteiger charge is -2.17. The Morgan fingerprint density at radius 2 is 1.64 bits per heavy atom. The van der Waals surface area contributed by atoms with E-state index in [0.717, 1.165) is 41.8 Å². The molecule has 0 bridgehead atoms. The second-order valence-corrected chi connectivity index (χ2v) is 7.95. The van der Waals surface area contributed by atoms with E-state index in [1.165, 1.54) is 0 Å². The molecule has 7 nitrogen and oxygen atoms in total. The van der Waals surface area contributed by atoms with Gasteiger partial charge in [-0.25, -0.2) is 9.59 Å². The Morgan fingerprint density at radius 3 is 2.21 bits per heavy atom. The van der Waals surface area contributed by atoms with Crippen molar-refractivity contribution in [1.82, 2.24) is 9.13 Å². The maximum Gasteiger partial charge on any atom is 0.336 e. The Kier molecular flexibility index (Phi) is 8.25. The molecule has 33 heavy (non-hydrogen) atoms. The summed E-state index contributed by atoms with van der Waals surface area (Å²) in [6, 6.07) is 14.6. The lowest BCUT2D eigenvalue weighted by Crippen LogP contribution is -2.26. The first-order chi connectivity index (χ1) is 16.0. The van der Waals surface area contributed by atoms with Crippen LogP contribution in [0.1, 0.15) is 60.3 Å². The summed E-state index contributed by atoms with van der Waals surface area (Å²) in [6.45, 7) is 5.12. The van der Waals surface area contributed by atoms with Gasteiger partial charge >= 0.3 is 11.7 Å².